The Kier molecular flexibility index (Phi) is 9.12. The monoisotopic (exact) mass is 502 g/mol. The van der Waals surface area contributed by atoms with Crippen molar-refractivity contribution >= 4 is 29.4 Å². The van der Waals surface area contributed by atoms with Crippen molar-refractivity contribution in [3.63, 3.8) is 0 Å². The molecule has 1 saturated heterocycles. The number of methoxy groups -OCH3 is 1. The van der Waals surface area contributed by atoms with Crippen LogP contribution in [0, 0.1) is 0 Å². The predicted octanol–water partition coefficient (Wildman–Crippen LogP) is 5.09. The smallest absolute Gasteiger partial charge is 0.253 e. The van der Waals surface area contributed by atoms with Crippen molar-refractivity contribution in [2.75, 3.05) is 52.3 Å². The highest BCUT2D eigenvalue weighted by Crippen LogP contribution is 2.31. The zero-order valence-electron chi connectivity index (χ0n) is 22.3. The molecule has 2 heterocycles. The molecule has 0 aliphatic carbocycles. The first kappa shape index (κ1) is 26.6. The summed E-state index contributed by atoms with van der Waals surface area (Å²) in [7, 11) is 3.43. The maximum Gasteiger partial charge on any atom is 0.253 e. The van der Waals surface area contributed by atoms with Gasteiger partial charge in [0.2, 0.25) is 5.91 Å². The minimum Gasteiger partial charge on any atom is -0.385 e. The van der Waals surface area contributed by atoms with Gasteiger partial charge in [0.15, 0.2) is 0 Å². The quantitative estimate of drug-likeness (QED) is 0.485. The number of amides is 2. The molecule has 7 heteroatoms. The third-order valence-corrected chi connectivity index (χ3v) is 6.98. The van der Waals surface area contributed by atoms with Gasteiger partial charge in [-0.15, -0.1) is 0 Å². The van der Waals surface area contributed by atoms with Gasteiger partial charge in [-0.2, -0.15) is 0 Å². The molecule has 37 heavy (non-hydrogen) atoms. The maximum atomic E-state index is 13.5. The van der Waals surface area contributed by atoms with E-state index in [0.29, 0.717) is 26.1 Å². The van der Waals surface area contributed by atoms with Crippen LogP contribution in [-0.4, -0.2) is 74.4 Å². The first-order chi connectivity index (χ1) is 18.0. The molecule has 1 N–H and O–H groups in total. The molecule has 2 aromatic carbocycles. The largest absolute Gasteiger partial charge is 0.385 e. The topological polar surface area (TPSA) is 74.2 Å². The van der Waals surface area contributed by atoms with Crippen LogP contribution in [0.1, 0.15) is 54.9 Å². The first-order valence-electron chi connectivity index (χ1n) is 13.3. The second-order valence-corrected chi connectivity index (χ2v) is 9.66. The number of carbonyl (C=O) groups is 2. The van der Waals surface area contributed by atoms with Gasteiger partial charge in [0, 0.05) is 70.2 Å². The molecule has 0 radical (unpaired) electrons. The molecule has 0 atom stereocenters. The number of nitrogens with one attached hydrogen (secondary N) is 1. The summed E-state index contributed by atoms with van der Waals surface area (Å²) in [6.45, 7) is 5.80. The number of aliphatic imine (C=N–C) groups is 1. The number of hydrogen-bond acceptors (Lipinski definition) is 4. The van der Waals surface area contributed by atoms with E-state index in [0.717, 1.165) is 78.1 Å². The Morgan fingerprint density at radius 2 is 1.78 bits per heavy atom. The van der Waals surface area contributed by atoms with Crippen molar-refractivity contribution in [3.8, 4) is 11.1 Å². The lowest BCUT2D eigenvalue weighted by molar-refractivity contribution is -0.127. The molecule has 2 aliphatic rings. The van der Waals surface area contributed by atoms with Gasteiger partial charge < -0.3 is 19.9 Å². The molecular weight excluding hydrogens is 464 g/mol. The molecule has 4 rings (SSSR count). The number of benzene rings is 2. The summed E-state index contributed by atoms with van der Waals surface area (Å²) in [5.74, 6) is 0.921. The maximum absolute atomic E-state index is 13.5. The van der Waals surface area contributed by atoms with E-state index < -0.39 is 0 Å². The molecule has 2 amide bonds. The van der Waals surface area contributed by atoms with Crippen LogP contribution < -0.4 is 5.32 Å². The van der Waals surface area contributed by atoms with E-state index in [1.807, 2.05) is 46.2 Å². The zero-order chi connectivity index (χ0) is 26.2. The Bertz CT molecular complexity index is 1160. The van der Waals surface area contributed by atoms with Crippen molar-refractivity contribution in [1.29, 1.82) is 0 Å². The van der Waals surface area contributed by atoms with E-state index in [4.69, 9.17) is 4.74 Å². The van der Waals surface area contributed by atoms with Crippen LogP contribution in [0.4, 0.5) is 5.69 Å². The van der Waals surface area contributed by atoms with Gasteiger partial charge in [0.1, 0.15) is 5.84 Å². The molecule has 0 spiro atoms. The standard InChI is InChI=1S/C30H38N4O3/c1-4-14-33(17-7-18-37-3)30(36)26-19-25-13-12-24(20-27(25)32-28(21-26)31-2)22-8-10-23(11-9-22)29(35)34-15-5-6-16-34/h8-13,19-20H,4-7,14-18,21H2,1-3H3,(H,31,32). The van der Waals surface area contributed by atoms with Crippen molar-refractivity contribution in [1.82, 2.24) is 9.80 Å². The Labute approximate surface area is 220 Å². The van der Waals surface area contributed by atoms with Crippen LogP contribution in [0.15, 0.2) is 53.0 Å². The summed E-state index contributed by atoms with van der Waals surface area (Å²) >= 11 is 0. The number of likely N-dealkylation sites (tertiary alicyclic amines) is 1. The molecule has 0 aromatic heterocycles. The van der Waals surface area contributed by atoms with Crippen LogP contribution >= 0.6 is 0 Å². The minimum atomic E-state index is 0.0519. The number of fused-ring (bicyclic) bond motifs is 1. The van der Waals surface area contributed by atoms with E-state index in [1.165, 1.54) is 0 Å². The number of anilines is 1. The van der Waals surface area contributed by atoms with E-state index >= 15 is 0 Å². The van der Waals surface area contributed by atoms with E-state index in [1.54, 1.807) is 14.2 Å². The Balaban J connectivity index is 1.57. The third kappa shape index (κ3) is 6.46. The van der Waals surface area contributed by atoms with Crippen LogP contribution in [0.2, 0.25) is 0 Å². The van der Waals surface area contributed by atoms with Gasteiger partial charge in [-0.25, -0.2) is 0 Å². The van der Waals surface area contributed by atoms with Crippen molar-refractivity contribution in [2.45, 2.75) is 39.0 Å². The number of nitrogens with zero attached hydrogens (tertiary/aromatic N) is 3. The molecule has 7 nitrogen and oxygen atoms in total. The number of ether oxygens (including phenoxy) is 1. The van der Waals surface area contributed by atoms with Crippen molar-refractivity contribution in [2.24, 2.45) is 4.99 Å². The summed E-state index contributed by atoms with van der Waals surface area (Å²) in [6.07, 6.45) is 6.33. The lowest BCUT2D eigenvalue weighted by Gasteiger charge is -2.23. The van der Waals surface area contributed by atoms with Crippen LogP contribution in [-0.2, 0) is 9.53 Å². The molecule has 0 unspecified atom stereocenters. The lowest BCUT2D eigenvalue weighted by Crippen LogP contribution is -2.35. The second kappa shape index (κ2) is 12.7. The van der Waals surface area contributed by atoms with Gasteiger partial charge in [-0.3, -0.25) is 14.6 Å². The Hall–Kier alpha value is -3.45. The average Bonchev–Trinajstić information content (AvgIpc) is 3.40. The first-order valence-corrected chi connectivity index (χ1v) is 13.3. The molecule has 196 valence electrons. The molecule has 0 bridgehead atoms. The van der Waals surface area contributed by atoms with Gasteiger partial charge >= 0.3 is 0 Å². The van der Waals surface area contributed by atoms with Crippen LogP contribution in [0.5, 0.6) is 0 Å². The zero-order valence-corrected chi connectivity index (χ0v) is 22.3. The highest BCUT2D eigenvalue weighted by Gasteiger charge is 2.23. The minimum absolute atomic E-state index is 0.0519. The highest BCUT2D eigenvalue weighted by atomic mass is 16.5. The molecule has 1 fully saturated rings. The van der Waals surface area contributed by atoms with Gasteiger partial charge in [0.25, 0.3) is 5.91 Å². The molecule has 0 saturated carbocycles. The van der Waals surface area contributed by atoms with Gasteiger partial charge in [0.05, 0.1) is 0 Å². The van der Waals surface area contributed by atoms with Crippen molar-refractivity contribution < 1.29 is 14.3 Å². The lowest BCUT2D eigenvalue weighted by atomic mass is 10.00. The fraction of sp³-hybridized carbons (Fsp3) is 0.433. The van der Waals surface area contributed by atoms with Crippen molar-refractivity contribution in [3.05, 3.63) is 59.2 Å². The van der Waals surface area contributed by atoms with E-state index in [2.05, 4.69) is 29.4 Å². The second-order valence-electron chi connectivity index (χ2n) is 9.66. The van der Waals surface area contributed by atoms with Crippen LogP contribution in [0.3, 0.4) is 0 Å². The van der Waals surface area contributed by atoms with Gasteiger partial charge in [-0.05, 0) is 66.6 Å². The number of amidine groups is 1. The molecular formula is C30H38N4O3. The molecule has 2 aromatic rings. The normalized spacial score (nSPS) is 16.1. The summed E-state index contributed by atoms with van der Waals surface area (Å²) in [5.41, 5.74) is 5.41. The Morgan fingerprint density at radius 1 is 1.05 bits per heavy atom. The fourth-order valence-electron chi connectivity index (χ4n) is 4.96. The van der Waals surface area contributed by atoms with Crippen LogP contribution in [0.25, 0.3) is 17.2 Å². The highest BCUT2D eigenvalue weighted by molar-refractivity contribution is 6.10. The predicted molar refractivity (Wildman–Crippen MR) is 150 cm³/mol. The summed E-state index contributed by atoms with van der Waals surface area (Å²) in [4.78, 5) is 34.5. The summed E-state index contributed by atoms with van der Waals surface area (Å²) < 4.78 is 5.19. The fourth-order valence-corrected chi connectivity index (χ4v) is 4.96. The third-order valence-electron chi connectivity index (χ3n) is 6.98. The van der Waals surface area contributed by atoms with E-state index in [-0.39, 0.29) is 11.8 Å². The molecule has 2 aliphatic heterocycles. The number of carbonyl (C=O) groups excluding carboxylic acids is 2. The Morgan fingerprint density at radius 3 is 2.46 bits per heavy atom. The summed E-state index contributed by atoms with van der Waals surface area (Å²) in [5, 5.41) is 3.44. The van der Waals surface area contributed by atoms with E-state index in [9.17, 15) is 9.59 Å². The SMILES string of the molecule is CCCN(CCCOC)C(=O)C1=Cc2ccc(-c3ccc(C(=O)N4CCCC4)cc3)cc2NC(=NC)C1. The average molecular weight is 503 g/mol. The number of hydrogen-bond donors (Lipinski definition) is 1. The van der Waals surface area contributed by atoms with Gasteiger partial charge in [-0.1, -0.05) is 31.2 Å². The summed E-state index contributed by atoms with van der Waals surface area (Å²) in [6, 6.07) is 14.0. The number of rotatable bonds is 9.